The molecule has 134 valence electrons. The van der Waals surface area contributed by atoms with Crippen LogP contribution in [0.2, 0.25) is 5.02 Å². The Kier molecular flexibility index (Phi) is 4.83. The highest BCUT2D eigenvalue weighted by Gasteiger charge is 2.06. The number of para-hydroxylation sites is 1. The molecule has 27 heavy (non-hydrogen) atoms. The third kappa shape index (κ3) is 3.67. The van der Waals surface area contributed by atoms with Crippen molar-refractivity contribution >= 4 is 28.2 Å². The first-order valence-electron chi connectivity index (χ1n) is 9.05. The first kappa shape index (κ1) is 17.6. The Morgan fingerprint density at radius 2 is 1.59 bits per heavy atom. The van der Waals surface area contributed by atoms with Crippen LogP contribution in [-0.4, -0.2) is 4.57 Å². The second-order valence-corrected chi connectivity index (χ2v) is 7.26. The van der Waals surface area contributed by atoms with Gasteiger partial charge in [0, 0.05) is 23.2 Å². The van der Waals surface area contributed by atoms with E-state index >= 15 is 0 Å². The molecule has 0 N–H and O–H groups in total. The largest absolute Gasteiger partial charge is 0.343 e. The number of aryl methyl sites for hydroxylation is 2. The summed E-state index contributed by atoms with van der Waals surface area (Å²) >= 11 is 6.31. The lowest BCUT2D eigenvalue weighted by Crippen LogP contribution is -2.10. The summed E-state index contributed by atoms with van der Waals surface area (Å²) in [7, 11) is 0. The van der Waals surface area contributed by atoms with E-state index in [9.17, 15) is 0 Å². The molecule has 0 aliphatic rings. The Bertz CT molecular complexity index is 1150. The topological polar surface area (TPSA) is 17.3 Å². The van der Waals surface area contributed by atoms with Gasteiger partial charge in [0.25, 0.3) is 0 Å². The molecular formula is C24H21ClN2. The van der Waals surface area contributed by atoms with Crippen LogP contribution in [0.25, 0.3) is 10.9 Å². The van der Waals surface area contributed by atoms with Gasteiger partial charge in [0.15, 0.2) is 0 Å². The predicted molar refractivity (Wildman–Crippen MR) is 114 cm³/mol. The van der Waals surface area contributed by atoms with Gasteiger partial charge in [0.2, 0.25) is 0 Å². The normalized spacial score (nSPS) is 11.9. The van der Waals surface area contributed by atoms with Crippen LogP contribution < -0.4 is 5.36 Å². The van der Waals surface area contributed by atoms with Gasteiger partial charge >= 0.3 is 0 Å². The van der Waals surface area contributed by atoms with Gasteiger partial charge in [-0.05, 0) is 54.8 Å². The summed E-state index contributed by atoms with van der Waals surface area (Å²) in [6.45, 7) is 4.99. The van der Waals surface area contributed by atoms with E-state index < -0.39 is 0 Å². The van der Waals surface area contributed by atoms with Crippen molar-refractivity contribution in [3.63, 3.8) is 0 Å². The Morgan fingerprint density at radius 3 is 2.33 bits per heavy atom. The van der Waals surface area contributed by atoms with E-state index in [0.29, 0.717) is 0 Å². The average Bonchev–Trinajstić information content (AvgIpc) is 2.67. The number of benzene rings is 3. The lowest BCUT2D eigenvalue weighted by Gasteiger charge is -2.13. The zero-order valence-electron chi connectivity index (χ0n) is 15.5. The maximum atomic E-state index is 6.31. The number of aromatic nitrogens is 1. The summed E-state index contributed by atoms with van der Waals surface area (Å²) in [6.07, 6.45) is 2.10. The van der Waals surface area contributed by atoms with E-state index in [0.717, 1.165) is 33.5 Å². The third-order valence-electron chi connectivity index (χ3n) is 4.83. The second kappa shape index (κ2) is 7.42. The van der Waals surface area contributed by atoms with Crippen LogP contribution in [-0.2, 0) is 6.54 Å². The SMILES string of the molecule is Cc1cccc(C)c1N=c1ccn(Cc2ccccc2)c2cc(Cl)ccc12. The maximum Gasteiger partial charge on any atom is 0.0745 e. The minimum absolute atomic E-state index is 0.730. The van der Waals surface area contributed by atoms with Crippen LogP contribution >= 0.6 is 11.6 Å². The second-order valence-electron chi connectivity index (χ2n) is 6.83. The van der Waals surface area contributed by atoms with Crippen molar-refractivity contribution in [2.75, 3.05) is 0 Å². The van der Waals surface area contributed by atoms with Crippen molar-refractivity contribution < 1.29 is 0 Å². The van der Waals surface area contributed by atoms with Crippen molar-refractivity contribution in [2.45, 2.75) is 20.4 Å². The van der Waals surface area contributed by atoms with Crippen molar-refractivity contribution in [1.29, 1.82) is 0 Å². The molecule has 0 aliphatic heterocycles. The van der Waals surface area contributed by atoms with Gasteiger partial charge in [-0.15, -0.1) is 0 Å². The Hall–Kier alpha value is -2.84. The lowest BCUT2D eigenvalue weighted by atomic mass is 10.1. The molecule has 0 fully saturated rings. The fraction of sp³-hybridized carbons (Fsp3) is 0.125. The number of nitrogens with zero attached hydrogens (tertiary/aromatic N) is 2. The molecule has 0 atom stereocenters. The van der Waals surface area contributed by atoms with E-state index in [2.05, 4.69) is 79.2 Å². The van der Waals surface area contributed by atoms with Crippen LogP contribution in [0.1, 0.15) is 16.7 Å². The summed E-state index contributed by atoms with van der Waals surface area (Å²) in [4.78, 5) is 4.99. The summed E-state index contributed by atoms with van der Waals surface area (Å²) in [6, 6.07) is 24.8. The molecule has 0 bridgehead atoms. The van der Waals surface area contributed by atoms with Crippen molar-refractivity contribution in [3.8, 4) is 0 Å². The Morgan fingerprint density at radius 1 is 0.852 bits per heavy atom. The Labute approximate surface area is 164 Å². The summed E-state index contributed by atoms with van der Waals surface area (Å²) < 4.78 is 2.22. The molecule has 0 saturated carbocycles. The third-order valence-corrected chi connectivity index (χ3v) is 5.06. The van der Waals surface area contributed by atoms with Crippen molar-refractivity contribution in [1.82, 2.24) is 4.57 Å². The lowest BCUT2D eigenvalue weighted by molar-refractivity contribution is 0.825. The summed E-state index contributed by atoms with van der Waals surface area (Å²) in [5, 5.41) is 2.79. The first-order chi connectivity index (χ1) is 13.1. The first-order valence-corrected chi connectivity index (χ1v) is 9.43. The van der Waals surface area contributed by atoms with Crippen LogP contribution in [0, 0.1) is 13.8 Å². The van der Waals surface area contributed by atoms with E-state index in [1.165, 1.54) is 16.7 Å². The molecule has 3 heteroatoms. The van der Waals surface area contributed by atoms with Gasteiger partial charge in [0.1, 0.15) is 0 Å². The number of hydrogen-bond donors (Lipinski definition) is 0. The molecule has 2 nitrogen and oxygen atoms in total. The molecule has 0 spiro atoms. The minimum atomic E-state index is 0.730. The van der Waals surface area contributed by atoms with Crippen LogP contribution in [0.15, 0.2) is 84.0 Å². The van der Waals surface area contributed by atoms with Gasteiger partial charge in [0.05, 0.1) is 16.6 Å². The van der Waals surface area contributed by atoms with E-state index in [-0.39, 0.29) is 0 Å². The monoisotopic (exact) mass is 372 g/mol. The van der Waals surface area contributed by atoms with Crippen molar-refractivity contribution in [3.05, 3.63) is 106 Å². The maximum absolute atomic E-state index is 6.31. The zero-order valence-corrected chi connectivity index (χ0v) is 16.2. The molecule has 1 heterocycles. The standard InChI is InChI=1S/C24H21ClN2/c1-17-7-6-8-18(2)24(17)26-22-13-14-27(16-19-9-4-3-5-10-19)23-15-20(25)11-12-21(22)23/h3-15H,16H2,1-2H3. The molecule has 0 saturated heterocycles. The smallest absolute Gasteiger partial charge is 0.0745 e. The number of halogens is 1. The van der Waals surface area contributed by atoms with Crippen molar-refractivity contribution in [2.24, 2.45) is 4.99 Å². The average molecular weight is 373 g/mol. The number of rotatable bonds is 3. The van der Waals surface area contributed by atoms with Crippen LogP contribution in [0.4, 0.5) is 5.69 Å². The van der Waals surface area contributed by atoms with E-state index in [4.69, 9.17) is 16.6 Å². The highest BCUT2D eigenvalue weighted by Crippen LogP contribution is 2.23. The number of hydrogen-bond acceptors (Lipinski definition) is 1. The van der Waals surface area contributed by atoms with Gasteiger partial charge in [-0.25, -0.2) is 4.99 Å². The fourth-order valence-electron chi connectivity index (χ4n) is 3.41. The van der Waals surface area contributed by atoms with Gasteiger partial charge in [-0.3, -0.25) is 0 Å². The Balaban J connectivity index is 1.92. The predicted octanol–water partition coefficient (Wildman–Crippen LogP) is 6.19. The van der Waals surface area contributed by atoms with Gasteiger partial charge < -0.3 is 4.57 Å². The molecule has 4 rings (SSSR count). The molecule has 0 amide bonds. The molecule has 3 aromatic carbocycles. The molecule has 0 aliphatic carbocycles. The minimum Gasteiger partial charge on any atom is -0.343 e. The zero-order chi connectivity index (χ0) is 18.8. The number of fused-ring (bicyclic) bond motifs is 1. The van der Waals surface area contributed by atoms with E-state index in [1.54, 1.807) is 0 Å². The molecule has 0 radical (unpaired) electrons. The van der Waals surface area contributed by atoms with Crippen LogP contribution in [0.3, 0.4) is 0 Å². The molecule has 4 aromatic rings. The number of pyridine rings is 1. The highest BCUT2D eigenvalue weighted by atomic mass is 35.5. The highest BCUT2D eigenvalue weighted by molar-refractivity contribution is 6.31. The van der Waals surface area contributed by atoms with Gasteiger partial charge in [-0.1, -0.05) is 60.1 Å². The van der Waals surface area contributed by atoms with Gasteiger partial charge in [-0.2, -0.15) is 0 Å². The summed E-state index contributed by atoms with van der Waals surface area (Å²) in [5.41, 5.74) is 5.73. The molecule has 0 unspecified atom stereocenters. The summed E-state index contributed by atoms with van der Waals surface area (Å²) in [5.74, 6) is 0. The quantitative estimate of drug-likeness (QED) is 0.408. The van der Waals surface area contributed by atoms with E-state index in [1.807, 2.05) is 18.2 Å². The van der Waals surface area contributed by atoms with Crippen LogP contribution in [0.5, 0.6) is 0 Å². The fourth-order valence-corrected chi connectivity index (χ4v) is 3.57. The molecular weight excluding hydrogens is 352 g/mol. The molecule has 1 aromatic heterocycles.